The van der Waals surface area contributed by atoms with E-state index in [0.29, 0.717) is 4.32 Å². The van der Waals surface area contributed by atoms with Gasteiger partial charge >= 0.3 is 0 Å². The summed E-state index contributed by atoms with van der Waals surface area (Å²) in [5.74, 6) is 0. The van der Waals surface area contributed by atoms with Crippen molar-refractivity contribution in [1.82, 2.24) is 4.98 Å². The summed E-state index contributed by atoms with van der Waals surface area (Å²) in [5, 5.41) is 0. The zero-order valence-corrected chi connectivity index (χ0v) is 7.75. The van der Waals surface area contributed by atoms with Crippen molar-refractivity contribution in [3.8, 4) is 0 Å². The topological polar surface area (TPSA) is 12.9 Å². The summed E-state index contributed by atoms with van der Waals surface area (Å²) in [4.78, 5) is 4.15. The van der Waals surface area contributed by atoms with Gasteiger partial charge in [-0.1, -0.05) is 30.7 Å². The summed E-state index contributed by atoms with van der Waals surface area (Å²) in [6.07, 6.45) is 2.61. The third-order valence-corrected chi connectivity index (χ3v) is 1.86. The Morgan fingerprint density at radius 1 is 1.73 bits per heavy atom. The molecule has 0 saturated heterocycles. The van der Waals surface area contributed by atoms with Crippen LogP contribution in [0.2, 0.25) is 0 Å². The first-order valence-corrected chi connectivity index (χ1v) is 4.18. The molecule has 1 aromatic rings. The summed E-state index contributed by atoms with van der Waals surface area (Å²) in [5.41, 5.74) is 1.85. The van der Waals surface area contributed by atoms with Crippen LogP contribution in [0.25, 0.3) is 0 Å². The fourth-order valence-corrected chi connectivity index (χ4v) is 1.26. The molecule has 0 aliphatic carbocycles. The summed E-state index contributed by atoms with van der Waals surface area (Å²) < 4.78 is 0.398. The maximum Gasteiger partial charge on any atom is 0.113 e. The molecule has 1 heterocycles. The van der Waals surface area contributed by atoms with E-state index in [0.717, 1.165) is 17.7 Å². The van der Waals surface area contributed by atoms with E-state index >= 15 is 0 Å². The molecule has 0 N–H and O–H groups in total. The summed E-state index contributed by atoms with van der Waals surface area (Å²) >= 11 is 10.5. The molecule has 58 valence electrons. The molecule has 1 aromatic heterocycles. The molecule has 0 aromatic carbocycles. The Bertz CT molecular complexity index is 273. The lowest BCUT2D eigenvalue weighted by molar-refractivity contribution is 1.03. The predicted octanol–water partition coefficient (Wildman–Crippen LogP) is 2.56. The van der Waals surface area contributed by atoms with Crippen molar-refractivity contribution in [3.63, 3.8) is 0 Å². The van der Waals surface area contributed by atoms with Crippen LogP contribution < -0.4 is 0 Å². The van der Waals surface area contributed by atoms with Crippen molar-refractivity contribution in [3.05, 3.63) is 29.6 Å². The lowest BCUT2D eigenvalue weighted by Crippen LogP contribution is -1.97. The van der Waals surface area contributed by atoms with Gasteiger partial charge in [-0.3, -0.25) is 4.98 Å². The van der Waals surface area contributed by atoms with Gasteiger partial charge in [0.05, 0.1) is 0 Å². The molecule has 0 aliphatic heterocycles. The quantitative estimate of drug-likeness (QED) is 0.519. The lowest BCUT2D eigenvalue weighted by atomic mass is 10.2. The lowest BCUT2D eigenvalue weighted by Gasteiger charge is -2.01. The molecule has 0 fully saturated rings. The first-order chi connectivity index (χ1) is 5.25. The van der Waals surface area contributed by atoms with Gasteiger partial charge in [0.1, 0.15) is 4.32 Å². The van der Waals surface area contributed by atoms with E-state index in [9.17, 15) is 0 Å². The minimum Gasteiger partial charge on any atom is -0.261 e. The van der Waals surface area contributed by atoms with Gasteiger partial charge < -0.3 is 0 Å². The molecule has 0 spiro atoms. The Morgan fingerprint density at radius 3 is 2.91 bits per heavy atom. The van der Waals surface area contributed by atoms with Gasteiger partial charge in [-0.25, -0.2) is 0 Å². The SMILES string of the molecule is CCc1ncccc1C(=S)Cl. The van der Waals surface area contributed by atoms with Crippen molar-refractivity contribution in [2.75, 3.05) is 0 Å². The van der Waals surface area contributed by atoms with E-state index in [2.05, 4.69) is 4.98 Å². The third-order valence-electron chi connectivity index (χ3n) is 1.44. The second-order valence-corrected chi connectivity index (χ2v) is 3.14. The number of hydrogen-bond donors (Lipinski definition) is 0. The third kappa shape index (κ3) is 1.98. The average molecular weight is 186 g/mol. The molecule has 0 aliphatic rings. The molecule has 0 radical (unpaired) electrons. The number of rotatable bonds is 2. The molecule has 0 amide bonds. The van der Waals surface area contributed by atoms with Crippen LogP contribution in [0.4, 0.5) is 0 Å². The maximum atomic E-state index is 5.68. The highest BCUT2D eigenvalue weighted by Gasteiger charge is 2.02. The second kappa shape index (κ2) is 3.79. The Labute approximate surface area is 76.4 Å². The number of hydrogen-bond acceptors (Lipinski definition) is 2. The highest BCUT2D eigenvalue weighted by Crippen LogP contribution is 2.09. The van der Waals surface area contributed by atoms with Crippen LogP contribution in [0.5, 0.6) is 0 Å². The molecule has 0 bridgehead atoms. The number of aromatic nitrogens is 1. The number of aryl methyl sites for hydroxylation is 1. The predicted molar refractivity (Wildman–Crippen MR) is 51.2 cm³/mol. The minimum absolute atomic E-state index is 0.398. The Balaban J connectivity index is 3.12. The number of nitrogens with zero attached hydrogens (tertiary/aromatic N) is 1. The average Bonchev–Trinajstić information content (AvgIpc) is 2.04. The van der Waals surface area contributed by atoms with Crippen LogP contribution in [0.3, 0.4) is 0 Å². The fraction of sp³-hybridized carbons (Fsp3) is 0.250. The molecular formula is C8H8ClNS. The van der Waals surface area contributed by atoms with Gasteiger partial charge in [0.25, 0.3) is 0 Å². The Morgan fingerprint density at radius 2 is 2.45 bits per heavy atom. The first-order valence-electron chi connectivity index (χ1n) is 3.39. The summed E-state index contributed by atoms with van der Waals surface area (Å²) in [6, 6.07) is 3.73. The first kappa shape index (κ1) is 8.62. The largest absolute Gasteiger partial charge is 0.261 e. The van der Waals surface area contributed by atoms with Gasteiger partial charge in [0, 0.05) is 17.5 Å². The van der Waals surface area contributed by atoms with Crippen molar-refractivity contribution >= 4 is 28.1 Å². The summed E-state index contributed by atoms with van der Waals surface area (Å²) in [7, 11) is 0. The van der Waals surface area contributed by atoms with E-state index in [4.69, 9.17) is 23.8 Å². The Hall–Kier alpha value is -0.470. The second-order valence-electron chi connectivity index (χ2n) is 2.12. The van der Waals surface area contributed by atoms with E-state index in [1.54, 1.807) is 6.20 Å². The van der Waals surface area contributed by atoms with E-state index < -0.39 is 0 Å². The smallest absolute Gasteiger partial charge is 0.113 e. The zero-order chi connectivity index (χ0) is 8.27. The van der Waals surface area contributed by atoms with Gasteiger partial charge in [-0.05, 0) is 18.6 Å². The summed E-state index contributed by atoms with van der Waals surface area (Å²) in [6.45, 7) is 2.03. The number of thiocarbonyl (C=S) groups is 1. The minimum atomic E-state index is 0.398. The molecular weight excluding hydrogens is 178 g/mol. The van der Waals surface area contributed by atoms with Gasteiger partial charge in [0.15, 0.2) is 0 Å². The van der Waals surface area contributed by atoms with Crippen molar-refractivity contribution in [2.45, 2.75) is 13.3 Å². The standard InChI is InChI=1S/C8H8ClNS/c1-2-7-6(8(9)11)4-3-5-10-7/h3-5H,2H2,1H3. The number of halogens is 1. The molecule has 1 rings (SSSR count). The highest BCUT2D eigenvalue weighted by atomic mass is 35.5. The van der Waals surface area contributed by atoms with Crippen LogP contribution in [-0.2, 0) is 6.42 Å². The van der Waals surface area contributed by atoms with E-state index in [1.807, 2.05) is 19.1 Å². The van der Waals surface area contributed by atoms with E-state index in [1.165, 1.54) is 0 Å². The van der Waals surface area contributed by atoms with Crippen molar-refractivity contribution in [2.24, 2.45) is 0 Å². The van der Waals surface area contributed by atoms with Crippen molar-refractivity contribution in [1.29, 1.82) is 0 Å². The molecule has 0 saturated carbocycles. The molecule has 11 heavy (non-hydrogen) atoms. The fourth-order valence-electron chi connectivity index (χ4n) is 0.899. The van der Waals surface area contributed by atoms with Crippen LogP contribution in [0, 0.1) is 0 Å². The highest BCUT2D eigenvalue weighted by molar-refractivity contribution is 7.83. The monoisotopic (exact) mass is 185 g/mol. The normalized spacial score (nSPS) is 9.64. The van der Waals surface area contributed by atoms with Gasteiger partial charge in [-0.15, -0.1) is 0 Å². The van der Waals surface area contributed by atoms with Crippen LogP contribution >= 0.6 is 23.8 Å². The zero-order valence-electron chi connectivity index (χ0n) is 6.17. The molecule has 0 unspecified atom stereocenters. The van der Waals surface area contributed by atoms with Gasteiger partial charge in [-0.2, -0.15) is 0 Å². The van der Waals surface area contributed by atoms with E-state index in [-0.39, 0.29) is 0 Å². The number of pyridine rings is 1. The molecule has 3 heteroatoms. The Kier molecular flexibility index (Phi) is 2.97. The molecule has 0 atom stereocenters. The van der Waals surface area contributed by atoms with Crippen LogP contribution in [-0.4, -0.2) is 9.31 Å². The van der Waals surface area contributed by atoms with Crippen molar-refractivity contribution < 1.29 is 0 Å². The van der Waals surface area contributed by atoms with Gasteiger partial charge in [0.2, 0.25) is 0 Å². The van der Waals surface area contributed by atoms with Crippen LogP contribution in [0.1, 0.15) is 18.2 Å². The van der Waals surface area contributed by atoms with Crippen LogP contribution in [0.15, 0.2) is 18.3 Å². The maximum absolute atomic E-state index is 5.68. The molecule has 1 nitrogen and oxygen atoms in total.